The van der Waals surface area contributed by atoms with Crippen LogP contribution in [-0.4, -0.2) is 45.7 Å². The van der Waals surface area contributed by atoms with Crippen molar-refractivity contribution in [1.82, 2.24) is 34.5 Å². The molecular weight excluding hydrogens is 350 g/mol. The van der Waals surface area contributed by atoms with Gasteiger partial charge in [0, 0.05) is 5.56 Å². The lowest BCUT2D eigenvalue weighted by atomic mass is 10.2. The average Bonchev–Trinajstić information content (AvgIpc) is 3.34. The predicted octanol–water partition coefficient (Wildman–Crippen LogP) is 2.27. The third-order valence-electron chi connectivity index (χ3n) is 4.09. The second-order valence-electron chi connectivity index (χ2n) is 6.10. The maximum atomic E-state index is 10.1. The Morgan fingerprint density at radius 2 is 2.15 bits per heavy atom. The number of benzene rings is 1. The second kappa shape index (κ2) is 6.93. The van der Waals surface area contributed by atoms with Gasteiger partial charge in [0.15, 0.2) is 11.6 Å². The van der Waals surface area contributed by atoms with E-state index in [0.29, 0.717) is 25.3 Å². The summed E-state index contributed by atoms with van der Waals surface area (Å²) >= 11 is 1.67. The fourth-order valence-electron chi connectivity index (χ4n) is 2.77. The summed E-state index contributed by atoms with van der Waals surface area (Å²) in [6, 6.07) is 6.11. The molecule has 26 heavy (non-hydrogen) atoms. The Morgan fingerprint density at radius 3 is 2.92 bits per heavy atom. The largest absolute Gasteiger partial charge is 0.391 e. The molecule has 0 aliphatic carbocycles. The highest BCUT2D eigenvalue weighted by Crippen LogP contribution is 2.27. The lowest BCUT2D eigenvalue weighted by Gasteiger charge is -2.10. The van der Waals surface area contributed by atoms with Gasteiger partial charge < -0.3 is 5.11 Å². The van der Waals surface area contributed by atoms with Crippen LogP contribution in [0.2, 0.25) is 0 Å². The van der Waals surface area contributed by atoms with Crippen LogP contribution in [0.5, 0.6) is 0 Å². The van der Waals surface area contributed by atoms with Crippen molar-refractivity contribution in [2.75, 3.05) is 0 Å². The van der Waals surface area contributed by atoms with Crippen molar-refractivity contribution in [1.29, 1.82) is 0 Å². The average molecular weight is 369 g/mol. The molecule has 0 amide bonds. The summed E-state index contributed by atoms with van der Waals surface area (Å²) < 4.78 is 4.58. The molecule has 0 aliphatic rings. The molecule has 1 N–H and O–H groups in total. The van der Waals surface area contributed by atoms with E-state index in [1.165, 1.54) is 6.33 Å². The number of aromatic nitrogens is 7. The number of thiazole rings is 1. The Hall–Kier alpha value is -2.65. The molecule has 0 spiro atoms. The van der Waals surface area contributed by atoms with Gasteiger partial charge in [-0.25, -0.2) is 24.3 Å². The zero-order valence-electron chi connectivity index (χ0n) is 14.6. The number of fused-ring (bicyclic) bond motifs is 1. The van der Waals surface area contributed by atoms with E-state index in [4.69, 9.17) is 0 Å². The van der Waals surface area contributed by atoms with Crippen LogP contribution in [0, 0.1) is 6.92 Å². The molecule has 3 aromatic heterocycles. The molecule has 0 saturated carbocycles. The van der Waals surface area contributed by atoms with E-state index in [2.05, 4.69) is 31.2 Å². The maximum Gasteiger partial charge on any atom is 0.172 e. The first-order valence-electron chi connectivity index (χ1n) is 8.44. The van der Waals surface area contributed by atoms with Crippen LogP contribution in [0.15, 0.2) is 30.9 Å². The summed E-state index contributed by atoms with van der Waals surface area (Å²) in [5.74, 6) is 1.35. The third kappa shape index (κ3) is 3.35. The molecule has 0 radical (unpaired) electrons. The SMILES string of the molecule is CC[C@@H](O)Cn1nc(Cn2cncn2)nc1-c1ccc2sc(C)nc2c1. The quantitative estimate of drug-likeness (QED) is 0.560. The Labute approximate surface area is 154 Å². The van der Waals surface area contributed by atoms with Crippen molar-refractivity contribution < 1.29 is 5.11 Å². The van der Waals surface area contributed by atoms with Crippen molar-refractivity contribution >= 4 is 21.6 Å². The summed E-state index contributed by atoms with van der Waals surface area (Å²) in [5, 5.41) is 19.8. The highest BCUT2D eigenvalue weighted by Gasteiger charge is 2.16. The van der Waals surface area contributed by atoms with E-state index < -0.39 is 6.10 Å². The van der Waals surface area contributed by atoms with Gasteiger partial charge in [0.1, 0.15) is 19.2 Å². The van der Waals surface area contributed by atoms with Gasteiger partial charge in [-0.3, -0.25) is 0 Å². The second-order valence-corrected chi connectivity index (χ2v) is 7.34. The van der Waals surface area contributed by atoms with Gasteiger partial charge in [0.2, 0.25) is 0 Å². The van der Waals surface area contributed by atoms with Gasteiger partial charge in [0.25, 0.3) is 0 Å². The smallest absolute Gasteiger partial charge is 0.172 e. The minimum atomic E-state index is -0.472. The molecule has 4 aromatic rings. The first-order chi connectivity index (χ1) is 12.6. The van der Waals surface area contributed by atoms with Crippen molar-refractivity contribution in [2.24, 2.45) is 0 Å². The first-order valence-corrected chi connectivity index (χ1v) is 9.26. The van der Waals surface area contributed by atoms with E-state index in [9.17, 15) is 5.11 Å². The molecule has 0 unspecified atom stereocenters. The van der Waals surface area contributed by atoms with Crippen LogP contribution in [-0.2, 0) is 13.1 Å². The molecule has 134 valence electrons. The minimum Gasteiger partial charge on any atom is -0.391 e. The predicted molar refractivity (Wildman–Crippen MR) is 98.8 cm³/mol. The summed E-state index contributed by atoms with van der Waals surface area (Å²) in [6.07, 6.45) is 3.30. The summed E-state index contributed by atoms with van der Waals surface area (Å²) in [6.45, 7) is 4.77. The molecule has 0 saturated heterocycles. The van der Waals surface area contributed by atoms with Crippen LogP contribution in [0.4, 0.5) is 0 Å². The van der Waals surface area contributed by atoms with Gasteiger partial charge in [-0.05, 0) is 31.5 Å². The standard InChI is InChI=1S/C17H19N7OS/c1-3-13(25)7-24-17(21-16(22-24)8-23-10-18-9-19-23)12-4-5-15-14(6-12)20-11(2)26-15/h4-6,9-10,13,25H,3,7-8H2,1-2H3/t13-/m1/s1. The minimum absolute atomic E-state index is 0.393. The monoisotopic (exact) mass is 369 g/mol. The van der Waals surface area contributed by atoms with Crippen LogP contribution in [0.3, 0.4) is 0 Å². The number of nitrogens with zero attached hydrogens (tertiary/aromatic N) is 7. The summed E-state index contributed by atoms with van der Waals surface area (Å²) in [4.78, 5) is 13.2. The molecule has 0 aliphatic heterocycles. The van der Waals surface area contributed by atoms with Crippen molar-refractivity contribution in [3.05, 3.63) is 41.7 Å². The number of aryl methyl sites for hydroxylation is 1. The molecular formula is C17H19N7OS. The maximum absolute atomic E-state index is 10.1. The molecule has 0 fully saturated rings. The topological polar surface area (TPSA) is 94.5 Å². The number of aliphatic hydroxyl groups excluding tert-OH is 1. The van der Waals surface area contributed by atoms with Gasteiger partial charge in [-0.1, -0.05) is 6.92 Å². The summed E-state index contributed by atoms with van der Waals surface area (Å²) in [5.41, 5.74) is 1.89. The van der Waals surface area contributed by atoms with Gasteiger partial charge >= 0.3 is 0 Å². The number of aliphatic hydroxyl groups is 1. The highest BCUT2D eigenvalue weighted by molar-refractivity contribution is 7.18. The van der Waals surface area contributed by atoms with Crippen molar-refractivity contribution in [2.45, 2.75) is 39.5 Å². The number of hydrogen-bond acceptors (Lipinski definition) is 7. The van der Waals surface area contributed by atoms with E-state index in [-0.39, 0.29) is 0 Å². The normalized spacial score (nSPS) is 12.7. The fraction of sp³-hybridized carbons (Fsp3) is 0.353. The molecule has 9 heteroatoms. The lowest BCUT2D eigenvalue weighted by Crippen LogP contribution is -2.17. The molecule has 3 heterocycles. The van der Waals surface area contributed by atoms with Crippen LogP contribution >= 0.6 is 11.3 Å². The molecule has 8 nitrogen and oxygen atoms in total. The summed E-state index contributed by atoms with van der Waals surface area (Å²) in [7, 11) is 0. The van der Waals surface area contributed by atoms with Crippen LogP contribution in [0.1, 0.15) is 24.2 Å². The Kier molecular flexibility index (Phi) is 4.48. The van der Waals surface area contributed by atoms with Crippen LogP contribution in [0.25, 0.3) is 21.6 Å². The lowest BCUT2D eigenvalue weighted by molar-refractivity contribution is 0.145. The Bertz CT molecular complexity index is 1020. The van der Waals surface area contributed by atoms with Crippen molar-refractivity contribution in [3.8, 4) is 11.4 Å². The fourth-order valence-corrected chi connectivity index (χ4v) is 3.57. The highest BCUT2D eigenvalue weighted by atomic mass is 32.1. The molecule has 4 rings (SSSR count). The van der Waals surface area contributed by atoms with Gasteiger partial charge in [-0.2, -0.15) is 10.2 Å². The molecule has 0 bridgehead atoms. The van der Waals surface area contributed by atoms with Gasteiger partial charge in [-0.15, -0.1) is 11.3 Å². The van der Waals surface area contributed by atoms with Crippen molar-refractivity contribution in [3.63, 3.8) is 0 Å². The first kappa shape index (κ1) is 16.8. The Balaban J connectivity index is 1.74. The Morgan fingerprint density at radius 1 is 1.27 bits per heavy atom. The van der Waals surface area contributed by atoms with Gasteiger partial charge in [0.05, 0.1) is 27.9 Å². The van der Waals surface area contributed by atoms with E-state index in [1.54, 1.807) is 27.0 Å². The molecule has 1 aromatic carbocycles. The third-order valence-corrected chi connectivity index (χ3v) is 5.05. The molecule has 1 atom stereocenters. The number of hydrogen-bond donors (Lipinski definition) is 1. The van der Waals surface area contributed by atoms with E-state index in [1.807, 2.05) is 26.0 Å². The number of rotatable bonds is 6. The van der Waals surface area contributed by atoms with E-state index >= 15 is 0 Å². The zero-order valence-corrected chi connectivity index (χ0v) is 15.4. The van der Waals surface area contributed by atoms with E-state index in [0.717, 1.165) is 26.6 Å². The van der Waals surface area contributed by atoms with Crippen LogP contribution < -0.4 is 0 Å². The zero-order chi connectivity index (χ0) is 18.1.